The normalized spacial score (nSPS) is 9.73. The molecule has 1 amide bonds. The monoisotopic (exact) mass is 229 g/mol. The van der Waals surface area contributed by atoms with E-state index in [1.54, 1.807) is 0 Å². The summed E-state index contributed by atoms with van der Waals surface area (Å²) in [5, 5.41) is 1.96. The van der Waals surface area contributed by atoms with Gasteiger partial charge in [0.25, 0.3) is 0 Å². The van der Waals surface area contributed by atoms with Crippen LogP contribution in [0.4, 0.5) is 10.1 Å². The smallest absolute Gasteiger partial charge is 0.224 e. The molecule has 15 heavy (non-hydrogen) atoms. The molecular formula is C10H9ClFNO2. The summed E-state index contributed by atoms with van der Waals surface area (Å²) in [6.07, 6.45) is 0.0221. The third-order valence-corrected chi connectivity index (χ3v) is 1.87. The van der Waals surface area contributed by atoms with Crippen LogP contribution < -0.4 is 5.32 Å². The summed E-state index contributed by atoms with van der Waals surface area (Å²) in [6.45, 7) is 0. The fraction of sp³-hybridized carbons (Fsp3) is 0.200. The zero-order chi connectivity index (χ0) is 11.3. The molecule has 1 aromatic rings. The summed E-state index contributed by atoms with van der Waals surface area (Å²) in [4.78, 5) is 21.6. The van der Waals surface area contributed by atoms with Gasteiger partial charge in [-0.05, 0) is 35.9 Å². The Bertz CT molecular complexity index is 364. The minimum Gasteiger partial charge on any atom is -0.326 e. The number of nitrogens with one attached hydrogen (secondary N) is 1. The molecule has 0 fully saturated rings. The Morgan fingerprint density at radius 1 is 1.20 bits per heavy atom. The van der Waals surface area contributed by atoms with Gasteiger partial charge in [0.1, 0.15) is 5.82 Å². The highest BCUT2D eigenvalue weighted by Gasteiger charge is 2.04. The number of benzene rings is 1. The Labute approximate surface area is 91.2 Å². The van der Waals surface area contributed by atoms with Gasteiger partial charge in [-0.15, -0.1) is 0 Å². The van der Waals surface area contributed by atoms with Gasteiger partial charge in [0, 0.05) is 18.5 Å². The molecule has 5 heteroatoms. The SMILES string of the molecule is O=C(Cl)CCC(=O)Nc1ccc(F)cc1. The molecule has 0 bridgehead atoms. The second kappa shape index (κ2) is 5.46. The molecule has 1 rings (SSSR count). The average Bonchev–Trinajstić information content (AvgIpc) is 2.19. The lowest BCUT2D eigenvalue weighted by Gasteiger charge is -2.03. The summed E-state index contributed by atoms with van der Waals surface area (Å²) in [5.41, 5.74) is 0.489. The molecule has 0 aliphatic rings. The molecule has 0 aromatic heterocycles. The number of amides is 1. The highest BCUT2D eigenvalue weighted by molar-refractivity contribution is 6.63. The van der Waals surface area contributed by atoms with Crippen molar-refractivity contribution in [2.75, 3.05) is 5.32 Å². The van der Waals surface area contributed by atoms with E-state index in [9.17, 15) is 14.0 Å². The van der Waals surface area contributed by atoms with Crippen LogP contribution in [0.25, 0.3) is 0 Å². The van der Waals surface area contributed by atoms with E-state index in [1.165, 1.54) is 24.3 Å². The number of halogens is 2. The highest BCUT2D eigenvalue weighted by atomic mass is 35.5. The third kappa shape index (κ3) is 4.56. The molecule has 1 N–H and O–H groups in total. The topological polar surface area (TPSA) is 46.2 Å². The largest absolute Gasteiger partial charge is 0.326 e. The van der Waals surface area contributed by atoms with Crippen LogP contribution in [0.3, 0.4) is 0 Å². The Morgan fingerprint density at radius 2 is 1.80 bits per heavy atom. The van der Waals surface area contributed by atoms with Crippen LogP contribution in [0.5, 0.6) is 0 Å². The maximum absolute atomic E-state index is 12.5. The Balaban J connectivity index is 2.44. The molecule has 0 saturated carbocycles. The molecule has 0 radical (unpaired) electrons. The first-order valence-corrected chi connectivity index (χ1v) is 4.69. The van der Waals surface area contributed by atoms with E-state index in [-0.39, 0.29) is 24.6 Å². The van der Waals surface area contributed by atoms with Crippen LogP contribution in [0, 0.1) is 5.82 Å². The average molecular weight is 230 g/mol. The van der Waals surface area contributed by atoms with Crippen molar-refractivity contribution in [2.24, 2.45) is 0 Å². The van der Waals surface area contributed by atoms with Crippen LogP contribution in [0.2, 0.25) is 0 Å². The maximum Gasteiger partial charge on any atom is 0.224 e. The van der Waals surface area contributed by atoms with Gasteiger partial charge in [-0.25, -0.2) is 4.39 Å². The molecule has 0 atom stereocenters. The summed E-state index contributed by atoms with van der Waals surface area (Å²) in [6, 6.07) is 5.36. The summed E-state index contributed by atoms with van der Waals surface area (Å²) >= 11 is 5.08. The van der Waals surface area contributed by atoms with Crippen molar-refractivity contribution >= 4 is 28.4 Å². The second-order valence-electron chi connectivity index (χ2n) is 2.91. The van der Waals surface area contributed by atoms with Crippen molar-refractivity contribution in [2.45, 2.75) is 12.8 Å². The Morgan fingerprint density at radius 3 is 2.33 bits per heavy atom. The van der Waals surface area contributed by atoms with Gasteiger partial charge < -0.3 is 5.32 Å². The van der Waals surface area contributed by atoms with Gasteiger partial charge in [-0.3, -0.25) is 9.59 Å². The second-order valence-corrected chi connectivity index (χ2v) is 3.33. The van der Waals surface area contributed by atoms with Gasteiger partial charge in [-0.1, -0.05) is 0 Å². The van der Waals surface area contributed by atoms with Gasteiger partial charge in [-0.2, -0.15) is 0 Å². The van der Waals surface area contributed by atoms with Crippen molar-refractivity contribution in [3.63, 3.8) is 0 Å². The lowest BCUT2D eigenvalue weighted by atomic mass is 10.2. The number of carbonyl (C=O) groups is 2. The lowest BCUT2D eigenvalue weighted by molar-refractivity contribution is -0.119. The number of hydrogen-bond donors (Lipinski definition) is 1. The molecule has 0 aliphatic heterocycles. The van der Waals surface area contributed by atoms with Gasteiger partial charge in [0.05, 0.1) is 0 Å². The standard InChI is InChI=1S/C10H9ClFNO2/c11-9(14)5-6-10(15)13-8-3-1-7(12)2-4-8/h1-4H,5-6H2,(H,13,15). The molecule has 0 spiro atoms. The van der Waals surface area contributed by atoms with E-state index in [2.05, 4.69) is 5.32 Å². The van der Waals surface area contributed by atoms with Crippen molar-refractivity contribution < 1.29 is 14.0 Å². The molecular weight excluding hydrogens is 221 g/mol. The van der Waals surface area contributed by atoms with Crippen LogP contribution >= 0.6 is 11.6 Å². The van der Waals surface area contributed by atoms with Gasteiger partial charge in [0.2, 0.25) is 11.1 Å². The Kier molecular flexibility index (Phi) is 4.24. The quantitative estimate of drug-likeness (QED) is 0.806. The van der Waals surface area contributed by atoms with Crippen LogP contribution in [0.1, 0.15) is 12.8 Å². The van der Waals surface area contributed by atoms with E-state index in [0.717, 1.165) is 0 Å². The van der Waals surface area contributed by atoms with Gasteiger partial charge in [0.15, 0.2) is 0 Å². The fourth-order valence-electron chi connectivity index (χ4n) is 0.969. The van der Waals surface area contributed by atoms with E-state index >= 15 is 0 Å². The molecule has 0 unspecified atom stereocenters. The van der Waals surface area contributed by atoms with Crippen LogP contribution in [-0.4, -0.2) is 11.1 Å². The van der Waals surface area contributed by atoms with E-state index in [0.29, 0.717) is 5.69 Å². The summed E-state index contributed by atoms with van der Waals surface area (Å²) in [7, 11) is 0. The summed E-state index contributed by atoms with van der Waals surface area (Å²) in [5.74, 6) is -0.695. The number of carbonyl (C=O) groups excluding carboxylic acids is 2. The van der Waals surface area contributed by atoms with Crippen molar-refractivity contribution in [1.29, 1.82) is 0 Å². The van der Waals surface area contributed by atoms with Crippen molar-refractivity contribution in [3.8, 4) is 0 Å². The number of anilines is 1. The zero-order valence-electron chi connectivity index (χ0n) is 7.80. The first-order chi connectivity index (χ1) is 7.08. The maximum atomic E-state index is 12.5. The fourth-order valence-corrected chi connectivity index (χ4v) is 1.06. The predicted molar refractivity (Wildman–Crippen MR) is 55.1 cm³/mol. The highest BCUT2D eigenvalue weighted by Crippen LogP contribution is 2.09. The van der Waals surface area contributed by atoms with Gasteiger partial charge >= 0.3 is 0 Å². The molecule has 1 aromatic carbocycles. The van der Waals surface area contributed by atoms with E-state index < -0.39 is 5.24 Å². The molecule has 0 saturated heterocycles. The molecule has 80 valence electrons. The number of rotatable bonds is 4. The molecule has 0 heterocycles. The van der Waals surface area contributed by atoms with Crippen molar-refractivity contribution in [3.05, 3.63) is 30.1 Å². The Hall–Kier alpha value is -1.42. The summed E-state index contributed by atoms with van der Waals surface area (Å²) < 4.78 is 12.5. The molecule has 0 aliphatic carbocycles. The zero-order valence-corrected chi connectivity index (χ0v) is 8.55. The van der Waals surface area contributed by atoms with E-state index in [4.69, 9.17) is 11.6 Å². The number of hydrogen-bond acceptors (Lipinski definition) is 2. The van der Waals surface area contributed by atoms with Crippen molar-refractivity contribution in [1.82, 2.24) is 0 Å². The first-order valence-electron chi connectivity index (χ1n) is 4.31. The van der Waals surface area contributed by atoms with Crippen LogP contribution in [0.15, 0.2) is 24.3 Å². The molecule has 3 nitrogen and oxygen atoms in total. The third-order valence-electron chi connectivity index (χ3n) is 1.68. The van der Waals surface area contributed by atoms with E-state index in [1.807, 2.05) is 0 Å². The lowest BCUT2D eigenvalue weighted by Crippen LogP contribution is -2.12. The minimum atomic E-state index is -0.552. The minimum absolute atomic E-state index is 0.00537. The first kappa shape index (κ1) is 11.7. The van der Waals surface area contributed by atoms with Crippen LogP contribution in [-0.2, 0) is 9.59 Å². The predicted octanol–water partition coefficient (Wildman–Crippen LogP) is 2.31.